The van der Waals surface area contributed by atoms with Gasteiger partial charge in [-0.2, -0.15) is 0 Å². The summed E-state index contributed by atoms with van der Waals surface area (Å²) in [5.74, 6) is -0.156. The predicted molar refractivity (Wildman–Crippen MR) is 61.4 cm³/mol. The van der Waals surface area contributed by atoms with Crippen molar-refractivity contribution in [2.75, 3.05) is 6.61 Å². The van der Waals surface area contributed by atoms with Crippen LogP contribution in [-0.2, 0) is 9.53 Å². The summed E-state index contributed by atoms with van der Waals surface area (Å²) in [6.45, 7) is 5.89. The Bertz CT molecular complexity index is 332. The van der Waals surface area contributed by atoms with E-state index >= 15 is 0 Å². The summed E-state index contributed by atoms with van der Waals surface area (Å²) >= 11 is 0. The van der Waals surface area contributed by atoms with Crippen LogP contribution in [0.4, 0.5) is 0 Å². The highest BCUT2D eigenvalue weighted by Crippen LogP contribution is 2.12. The van der Waals surface area contributed by atoms with Crippen LogP contribution in [0, 0.1) is 0 Å². The molecular formula is C13H16O2. The first-order valence-electron chi connectivity index (χ1n) is 5.10. The molecule has 0 fully saturated rings. The van der Waals surface area contributed by atoms with Gasteiger partial charge < -0.3 is 4.74 Å². The highest BCUT2D eigenvalue weighted by Gasteiger charge is 2.02. The zero-order valence-electron chi connectivity index (χ0n) is 9.03. The fourth-order valence-corrected chi connectivity index (χ4v) is 1.21. The number of hydrogen-bond acceptors (Lipinski definition) is 2. The van der Waals surface area contributed by atoms with Gasteiger partial charge >= 0.3 is 5.97 Å². The molecule has 0 unspecified atom stereocenters. The van der Waals surface area contributed by atoms with Gasteiger partial charge in [0, 0.05) is 6.42 Å². The molecule has 0 aromatic carbocycles. The summed E-state index contributed by atoms with van der Waals surface area (Å²) in [5.41, 5.74) is 2.20. The van der Waals surface area contributed by atoms with Crippen LogP contribution in [0.15, 0.2) is 48.1 Å². The Morgan fingerprint density at radius 2 is 2.47 bits per heavy atom. The molecule has 0 heterocycles. The lowest BCUT2D eigenvalue weighted by Gasteiger charge is -2.04. The van der Waals surface area contributed by atoms with Crippen molar-refractivity contribution in [2.45, 2.75) is 19.8 Å². The van der Waals surface area contributed by atoms with Crippen molar-refractivity contribution in [1.29, 1.82) is 0 Å². The minimum Gasteiger partial charge on any atom is -0.461 e. The molecule has 0 saturated heterocycles. The molecule has 0 N–H and O–H groups in total. The van der Waals surface area contributed by atoms with Crippen LogP contribution in [0.2, 0.25) is 0 Å². The smallest absolute Gasteiger partial charge is 0.305 e. The highest BCUT2D eigenvalue weighted by atomic mass is 16.5. The van der Waals surface area contributed by atoms with Gasteiger partial charge in [0.25, 0.3) is 0 Å². The molecule has 1 rings (SSSR count). The van der Waals surface area contributed by atoms with Crippen LogP contribution in [0.25, 0.3) is 0 Å². The second kappa shape index (κ2) is 6.02. The summed E-state index contributed by atoms with van der Waals surface area (Å²) in [4.78, 5) is 11.0. The predicted octanol–water partition coefficient (Wildman–Crippen LogP) is 2.94. The van der Waals surface area contributed by atoms with Crippen molar-refractivity contribution in [3.05, 3.63) is 48.1 Å². The van der Waals surface area contributed by atoms with Gasteiger partial charge in [0.1, 0.15) is 6.61 Å². The van der Waals surface area contributed by atoms with Crippen molar-refractivity contribution >= 4 is 5.97 Å². The molecule has 0 aromatic heterocycles. The second-order valence-corrected chi connectivity index (χ2v) is 3.31. The van der Waals surface area contributed by atoms with E-state index < -0.39 is 0 Å². The van der Waals surface area contributed by atoms with E-state index in [1.54, 1.807) is 6.92 Å². The topological polar surface area (TPSA) is 26.3 Å². The van der Waals surface area contributed by atoms with Crippen LogP contribution in [0.5, 0.6) is 0 Å². The summed E-state index contributed by atoms with van der Waals surface area (Å²) in [6, 6.07) is 0. The highest BCUT2D eigenvalue weighted by molar-refractivity contribution is 5.69. The lowest BCUT2D eigenvalue weighted by atomic mass is 10.1. The summed E-state index contributed by atoms with van der Waals surface area (Å²) in [7, 11) is 0. The number of hydrogen-bond donors (Lipinski definition) is 0. The Hall–Kier alpha value is -1.57. The average molecular weight is 204 g/mol. The van der Waals surface area contributed by atoms with Crippen LogP contribution in [-0.4, -0.2) is 12.6 Å². The van der Waals surface area contributed by atoms with Crippen molar-refractivity contribution in [3.8, 4) is 0 Å². The Labute approximate surface area is 90.6 Å². The minimum atomic E-state index is -0.156. The molecule has 0 atom stereocenters. The number of ether oxygens (including phenoxy) is 1. The molecule has 0 bridgehead atoms. The molecule has 1 aliphatic carbocycles. The second-order valence-electron chi connectivity index (χ2n) is 3.31. The monoisotopic (exact) mass is 204 g/mol. The van der Waals surface area contributed by atoms with Gasteiger partial charge in [0.15, 0.2) is 0 Å². The van der Waals surface area contributed by atoms with E-state index in [0.29, 0.717) is 13.0 Å². The van der Waals surface area contributed by atoms with E-state index in [1.165, 1.54) is 0 Å². The van der Waals surface area contributed by atoms with Gasteiger partial charge in [-0.25, -0.2) is 0 Å². The number of carbonyl (C=O) groups is 1. The van der Waals surface area contributed by atoms with Gasteiger partial charge in [0.2, 0.25) is 0 Å². The molecule has 0 saturated carbocycles. The third-order valence-corrected chi connectivity index (χ3v) is 2.16. The Kier molecular flexibility index (Phi) is 4.61. The minimum absolute atomic E-state index is 0.156. The van der Waals surface area contributed by atoms with Crippen LogP contribution in [0.1, 0.15) is 19.8 Å². The van der Waals surface area contributed by atoms with E-state index in [1.807, 2.05) is 24.3 Å². The van der Waals surface area contributed by atoms with Gasteiger partial charge in [-0.05, 0) is 17.6 Å². The lowest BCUT2D eigenvalue weighted by Crippen LogP contribution is -2.05. The molecule has 0 aliphatic heterocycles. The van der Waals surface area contributed by atoms with Crippen LogP contribution < -0.4 is 0 Å². The maximum absolute atomic E-state index is 11.0. The summed E-state index contributed by atoms with van der Waals surface area (Å²) in [6.07, 6.45) is 11.0. The zero-order chi connectivity index (χ0) is 11.1. The standard InChI is InChI=1S/C13H16O2/c1-3-11-6-5-7-12(9-8-11)10-15-13(14)4-2/h3,5-8H,1,4,9-10H2,2H3. The molecule has 0 aromatic rings. The van der Waals surface area contributed by atoms with Gasteiger partial charge in [0.05, 0.1) is 0 Å². The fraction of sp³-hybridized carbons (Fsp3) is 0.308. The average Bonchev–Trinajstić information content (AvgIpc) is 2.50. The summed E-state index contributed by atoms with van der Waals surface area (Å²) in [5, 5.41) is 0. The Morgan fingerprint density at radius 3 is 3.13 bits per heavy atom. The Morgan fingerprint density at radius 1 is 1.67 bits per heavy atom. The zero-order valence-corrected chi connectivity index (χ0v) is 9.03. The van der Waals surface area contributed by atoms with Gasteiger partial charge in [-0.1, -0.05) is 43.9 Å². The molecule has 2 heteroatoms. The normalized spacial score (nSPS) is 15.0. The fourth-order valence-electron chi connectivity index (χ4n) is 1.21. The number of esters is 1. The molecule has 0 radical (unpaired) electrons. The third kappa shape index (κ3) is 3.98. The van der Waals surface area contributed by atoms with Crippen molar-refractivity contribution < 1.29 is 9.53 Å². The van der Waals surface area contributed by atoms with Crippen molar-refractivity contribution in [3.63, 3.8) is 0 Å². The molecular weight excluding hydrogens is 188 g/mol. The number of carbonyl (C=O) groups excluding carboxylic acids is 1. The quantitative estimate of drug-likeness (QED) is 0.658. The lowest BCUT2D eigenvalue weighted by molar-refractivity contribution is -0.142. The first-order valence-corrected chi connectivity index (χ1v) is 5.10. The molecule has 2 nitrogen and oxygen atoms in total. The van der Waals surface area contributed by atoms with Crippen molar-refractivity contribution in [1.82, 2.24) is 0 Å². The number of rotatable bonds is 4. The van der Waals surface area contributed by atoms with Crippen LogP contribution in [0.3, 0.4) is 0 Å². The first-order chi connectivity index (χ1) is 7.26. The molecule has 0 spiro atoms. The van der Waals surface area contributed by atoms with E-state index in [4.69, 9.17) is 4.74 Å². The van der Waals surface area contributed by atoms with E-state index in [2.05, 4.69) is 12.7 Å². The maximum atomic E-state index is 11.0. The molecule has 0 amide bonds. The molecule has 1 aliphatic rings. The Balaban J connectivity index is 2.48. The van der Waals surface area contributed by atoms with E-state index in [9.17, 15) is 4.79 Å². The summed E-state index contributed by atoms with van der Waals surface area (Å²) < 4.78 is 5.06. The first kappa shape index (κ1) is 11.5. The molecule has 15 heavy (non-hydrogen) atoms. The third-order valence-electron chi connectivity index (χ3n) is 2.16. The van der Waals surface area contributed by atoms with E-state index in [0.717, 1.165) is 17.6 Å². The molecule has 80 valence electrons. The largest absolute Gasteiger partial charge is 0.461 e. The van der Waals surface area contributed by atoms with Gasteiger partial charge in [-0.15, -0.1) is 0 Å². The SMILES string of the molecule is C=CC1=CCC(COC(=O)CC)=CC=C1. The van der Waals surface area contributed by atoms with Crippen molar-refractivity contribution in [2.24, 2.45) is 0 Å². The van der Waals surface area contributed by atoms with E-state index in [-0.39, 0.29) is 5.97 Å². The maximum Gasteiger partial charge on any atom is 0.305 e. The van der Waals surface area contributed by atoms with Crippen LogP contribution >= 0.6 is 0 Å². The van der Waals surface area contributed by atoms with Gasteiger partial charge in [-0.3, -0.25) is 4.79 Å². The number of allylic oxidation sites excluding steroid dienone is 6.